The Hall–Kier alpha value is -2.38. The fraction of sp³-hybridized carbons (Fsp3) is 0.421. The minimum atomic E-state index is -0.563. The van der Waals surface area contributed by atoms with Gasteiger partial charge in [-0.15, -0.1) is 0 Å². The smallest absolute Gasteiger partial charge is 0.251 e. The largest absolute Gasteiger partial charge is 0.494 e. The molecule has 3 rings (SSSR count). The minimum absolute atomic E-state index is 0.0976. The number of hydrogen-bond acceptors (Lipinski definition) is 5. The summed E-state index contributed by atoms with van der Waals surface area (Å²) in [5, 5.41) is 2.88. The number of carbonyl (C=O) groups is 1. The van der Waals surface area contributed by atoms with Gasteiger partial charge in [0.05, 0.1) is 26.4 Å². The first-order valence-corrected chi connectivity index (χ1v) is 8.58. The highest BCUT2D eigenvalue weighted by Crippen LogP contribution is 2.24. The molecule has 1 aromatic heterocycles. The molecule has 1 atom stereocenters. The van der Waals surface area contributed by atoms with Crippen LogP contribution in [0.15, 0.2) is 34.7 Å². The van der Waals surface area contributed by atoms with Crippen molar-refractivity contribution in [3.8, 4) is 5.75 Å². The number of aryl methyl sites for hydroxylation is 1. The van der Waals surface area contributed by atoms with E-state index in [0.717, 1.165) is 24.6 Å². The molecule has 1 fully saturated rings. The van der Waals surface area contributed by atoms with Crippen molar-refractivity contribution in [2.45, 2.75) is 13.0 Å². The molecular formula is C19H23FN2O4. The number of amides is 1. The normalized spacial score (nSPS) is 16.3. The zero-order valence-corrected chi connectivity index (χ0v) is 15.0. The third kappa shape index (κ3) is 4.23. The Bertz CT molecular complexity index is 756. The van der Waals surface area contributed by atoms with Gasteiger partial charge in [-0.05, 0) is 37.3 Å². The van der Waals surface area contributed by atoms with Gasteiger partial charge >= 0.3 is 0 Å². The number of nitrogens with zero attached hydrogens (tertiary/aromatic N) is 1. The van der Waals surface area contributed by atoms with Crippen molar-refractivity contribution in [1.29, 1.82) is 0 Å². The summed E-state index contributed by atoms with van der Waals surface area (Å²) >= 11 is 0. The number of nitrogens with one attached hydrogen (secondary N) is 1. The van der Waals surface area contributed by atoms with Crippen LogP contribution in [-0.4, -0.2) is 50.8 Å². The van der Waals surface area contributed by atoms with E-state index in [0.29, 0.717) is 19.8 Å². The molecule has 1 unspecified atom stereocenters. The van der Waals surface area contributed by atoms with Crippen LogP contribution in [0.2, 0.25) is 0 Å². The number of furan rings is 1. The Balaban J connectivity index is 1.70. The Kier molecular flexibility index (Phi) is 5.90. The predicted octanol–water partition coefficient (Wildman–Crippen LogP) is 2.54. The fourth-order valence-electron chi connectivity index (χ4n) is 3.03. The van der Waals surface area contributed by atoms with Gasteiger partial charge in [-0.25, -0.2) is 4.39 Å². The topological polar surface area (TPSA) is 63.9 Å². The molecule has 2 heterocycles. The van der Waals surface area contributed by atoms with Crippen molar-refractivity contribution >= 4 is 5.91 Å². The van der Waals surface area contributed by atoms with E-state index in [1.54, 1.807) is 0 Å². The molecule has 1 aromatic carbocycles. The summed E-state index contributed by atoms with van der Waals surface area (Å²) in [6.07, 6.45) is 0. The number of methoxy groups -OCH3 is 1. The highest BCUT2D eigenvalue weighted by atomic mass is 19.1. The van der Waals surface area contributed by atoms with E-state index in [9.17, 15) is 9.18 Å². The highest BCUT2D eigenvalue weighted by molar-refractivity contribution is 5.94. The summed E-state index contributed by atoms with van der Waals surface area (Å²) in [4.78, 5) is 14.6. The highest BCUT2D eigenvalue weighted by Gasteiger charge is 2.26. The first-order chi connectivity index (χ1) is 12.6. The lowest BCUT2D eigenvalue weighted by Crippen LogP contribution is -2.43. The standard InChI is InChI=1S/C19H23FN2O4/c1-13-3-5-18(26-13)16(22-7-9-25-10-8-22)12-21-19(23)14-4-6-17(24-2)15(20)11-14/h3-6,11,16H,7-10,12H2,1-2H3,(H,21,23). The summed E-state index contributed by atoms with van der Waals surface area (Å²) in [6.45, 7) is 5.06. The second-order valence-corrected chi connectivity index (χ2v) is 6.17. The fourth-order valence-corrected chi connectivity index (χ4v) is 3.03. The molecule has 1 aliphatic heterocycles. The maximum Gasteiger partial charge on any atom is 0.251 e. The summed E-state index contributed by atoms with van der Waals surface area (Å²) in [7, 11) is 1.39. The first-order valence-electron chi connectivity index (χ1n) is 8.58. The molecule has 140 valence electrons. The Morgan fingerprint density at radius 2 is 2.08 bits per heavy atom. The van der Waals surface area contributed by atoms with E-state index >= 15 is 0 Å². The van der Waals surface area contributed by atoms with Crippen LogP contribution in [0.1, 0.15) is 27.9 Å². The van der Waals surface area contributed by atoms with Crippen LogP contribution in [0.25, 0.3) is 0 Å². The molecule has 1 saturated heterocycles. The SMILES string of the molecule is COc1ccc(C(=O)NCC(c2ccc(C)o2)N2CCOCC2)cc1F. The zero-order valence-electron chi connectivity index (χ0n) is 15.0. The molecule has 1 amide bonds. The maximum atomic E-state index is 13.8. The minimum Gasteiger partial charge on any atom is -0.494 e. The van der Waals surface area contributed by atoms with E-state index in [4.69, 9.17) is 13.9 Å². The van der Waals surface area contributed by atoms with Gasteiger partial charge in [-0.2, -0.15) is 0 Å². The molecule has 0 bridgehead atoms. The van der Waals surface area contributed by atoms with Gasteiger partial charge in [0.2, 0.25) is 0 Å². The van der Waals surface area contributed by atoms with Crippen LogP contribution in [-0.2, 0) is 4.74 Å². The Labute approximate surface area is 151 Å². The third-order valence-electron chi connectivity index (χ3n) is 4.45. The van der Waals surface area contributed by atoms with Crippen molar-refractivity contribution in [1.82, 2.24) is 10.2 Å². The lowest BCUT2D eigenvalue weighted by molar-refractivity contribution is 0.0117. The number of hydrogen-bond donors (Lipinski definition) is 1. The van der Waals surface area contributed by atoms with Crippen LogP contribution < -0.4 is 10.1 Å². The van der Waals surface area contributed by atoms with E-state index < -0.39 is 5.82 Å². The monoisotopic (exact) mass is 362 g/mol. The molecular weight excluding hydrogens is 339 g/mol. The van der Waals surface area contributed by atoms with Crippen molar-refractivity contribution in [3.05, 3.63) is 53.2 Å². The van der Waals surface area contributed by atoms with Crippen molar-refractivity contribution in [2.24, 2.45) is 0 Å². The molecule has 0 radical (unpaired) electrons. The molecule has 7 heteroatoms. The summed E-state index contributed by atoms with van der Waals surface area (Å²) in [5.41, 5.74) is 0.250. The van der Waals surface area contributed by atoms with Crippen molar-refractivity contribution in [3.63, 3.8) is 0 Å². The Morgan fingerprint density at radius 1 is 1.31 bits per heavy atom. The second kappa shape index (κ2) is 8.33. The number of halogens is 1. The van der Waals surface area contributed by atoms with Crippen LogP contribution in [0, 0.1) is 12.7 Å². The van der Waals surface area contributed by atoms with Crippen molar-refractivity contribution < 1.29 is 23.1 Å². The number of benzene rings is 1. The molecule has 0 spiro atoms. The van der Waals surface area contributed by atoms with Crippen LogP contribution in [0.3, 0.4) is 0 Å². The molecule has 26 heavy (non-hydrogen) atoms. The number of carbonyl (C=O) groups excluding carboxylic acids is 1. The summed E-state index contributed by atoms with van der Waals surface area (Å²) < 4.78 is 29.9. The van der Waals surface area contributed by atoms with E-state index in [1.807, 2.05) is 19.1 Å². The molecule has 2 aromatic rings. The maximum absolute atomic E-state index is 13.8. The van der Waals surface area contributed by atoms with Crippen molar-refractivity contribution in [2.75, 3.05) is 40.0 Å². The average Bonchev–Trinajstić information content (AvgIpc) is 3.08. The van der Waals surface area contributed by atoms with Gasteiger partial charge in [0, 0.05) is 25.2 Å². The van der Waals surface area contributed by atoms with Crippen LogP contribution >= 0.6 is 0 Å². The van der Waals surface area contributed by atoms with Gasteiger partial charge in [0.1, 0.15) is 11.5 Å². The molecule has 1 N–H and O–H groups in total. The molecule has 0 aliphatic carbocycles. The average molecular weight is 362 g/mol. The number of rotatable bonds is 6. The lowest BCUT2D eigenvalue weighted by Gasteiger charge is -2.33. The number of morpholine rings is 1. The Morgan fingerprint density at radius 3 is 2.69 bits per heavy atom. The quantitative estimate of drug-likeness (QED) is 0.856. The first kappa shape index (κ1) is 18.4. The third-order valence-corrected chi connectivity index (χ3v) is 4.45. The molecule has 0 saturated carbocycles. The van der Waals surface area contributed by atoms with E-state index in [-0.39, 0.29) is 23.3 Å². The zero-order chi connectivity index (χ0) is 18.5. The number of ether oxygens (including phenoxy) is 2. The molecule has 6 nitrogen and oxygen atoms in total. The van der Waals surface area contributed by atoms with Gasteiger partial charge < -0.3 is 19.2 Å². The van der Waals surface area contributed by atoms with E-state index in [1.165, 1.54) is 25.3 Å². The second-order valence-electron chi connectivity index (χ2n) is 6.17. The van der Waals surface area contributed by atoms with Crippen LogP contribution in [0.4, 0.5) is 4.39 Å². The summed E-state index contributed by atoms with van der Waals surface area (Å²) in [6, 6.07) is 7.89. The lowest BCUT2D eigenvalue weighted by atomic mass is 10.1. The van der Waals surface area contributed by atoms with Gasteiger partial charge in [0.25, 0.3) is 5.91 Å². The predicted molar refractivity (Wildman–Crippen MR) is 93.9 cm³/mol. The van der Waals surface area contributed by atoms with Gasteiger partial charge in [-0.1, -0.05) is 0 Å². The van der Waals surface area contributed by atoms with Crippen LogP contribution in [0.5, 0.6) is 5.75 Å². The summed E-state index contributed by atoms with van der Waals surface area (Å²) in [5.74, 6) is 0.825. The van der Waals surface area contributed by atoms with Gasteiger partial charge in [-0.3, -0.25) is 9.69 Å². The molecule has 1 aliphatic rings. The van der Waals surface area contributed by atoms with Gasteiger partial charge in [0.15, 0.2) is 11.6 Å². The van der Waals surface area contributed by atoms with E-state index in [2.05, 4.69) is 10.2 Å².